The first-order valence-electron chi connectivity index (χ1n) is 17.5. The number of hydrogen-bond acceptors (Lipinski definition) is 4. The van der Waals surface area contributed by atoms with Crippen LogP contribution in [-0.4, -0.2) is 0 Å². The third kappa shape index (κ3) is 4.69. The highest BCUT2D eigenvalue weighted by Gasteiger charge is 2.19. The zero-order chi connectivity index (χ0) is 34.2. The molecule has 0 fully saturated rings. The van der Waals surface area contributed by atoms with Crippen LogP contribution in [0.4, 0.5) is 17.1 Å². The smallest absolute Gasteiger partial charge is 0.136 e. The number of thiophene rings is 2. The van der Waals surface area contributed by atoms with Crippen LogP contribution in [0.15, 0.2) is 180 Å². The Hall–Kier alpha value is -6.20. The van der Waals surface area contributed by atoms with Crippen molar-refractivity contribution in [1.29, 1.82) is 0 Å². The van der Waals surface area contributed by atoms with Crippen molar-refractivity contribution in [2.24, 2.45) is 0 Å². The molecule has 0 unspecified atom stereocenters. The SMILES string of the molecule is c1ccc2c(c1)oc1cc(-c3ccc(N(c4ccc(-c5ccc6c(c5)sc5ccccc56)cc4)c4cccc5sc6ccccc6c45)cc3)ccc12. The molecule has 0 N–H and O–H groups in total. The largest absolute Gasteiger partial charge is 0.456 e. The van der Waals surface area contributed by atoms with E-state index in [0.717, 1.165) is 44.4 Å². The van der Waals surface area contributed by atoms with Crippen molar-refractivity contribution >= 4 is 102 Å². The molecular formula is C48H29NOS2. The van der Waals surface area contributed by atoms with E-state index < -0.39 is 0 Å². The molecule has 0 aliphatic rings. The van der Waals surface area contributed by atoms with Crippen LogP contribution in [0.1, 0.15) is 0 Å². The Bertz CT molecular complexity index is 2970. The minimum Gasteiger partial charge on any atom is -0.456 e. The fraction of sp³-hybridized carbons (Fsp3) is 0. The summed E-state index contributed by atoms with van der Waals surface area (Å²) >= 11 is 3.72. The lowest BCUT2D eigenvalue weighted by Gasteiger charge is -2.27. The van der Waals surface area contributed by atoms with Crippen molar-refractivity contribution in [1.82, 2.24) is 0 Å². The summed E-state index contributed by atoms with van der Waals surface area (Å²) in [5.74, 6) is 0. The Labute approximate surface area is 308 Å². The van der Waals surface area contributed by atoms with E-state index >= 15 is 0 Å². The Morgan fingerprint density at radius 2 is 0.865 bits per heavy atom. The molecule has 11 aromatic rings. The molecule has 2 nitrogen and oxygen atoms in total. The number of fused-ring (bicyclic) bond motifs is 9. The zero-order valence-electron chi connectivity index (χ0n) is 27.9. The van der Waals surface area contributed by atoms with E-state index in [0.29, 0.717) is 0 Å². The van der Waals surface area contributed by atoms with Gasteiger partial charge in [0.2, 0.25) is 0 Å². The molecule has 0 aliphatic carbocycles. The van der Waals surface area contributed by atoms with Crippen molar-refractivity contribution in [3.8, 4) is 22.3 Å². The third-order valence-corrected chi connectivity index (χ3v) is 12.6. The lowest BCUT2D eigenvalue weighted by atomic mass is 10.0. The van der Waals surface area contributed by atoms with Gasteiger partial charge in [-0.3, -0.25) is 0 Å². The number of rotatable bonds is 5. The van der Waals surface area contributed by atoms with Gasteiger partial charge in [0, 0.05) is 62.5 Å². The number of nitrogens with zero attached hydrogens (tertiary/aromatic N) is 1. The van der Waals surface area contributed by atoms with Crippen LogP contribution >= 0.6 is 22.7 Å². The molecule has 0 saturated heterocycles. The Kier molecular flexibility index (Phi) is 6.63. The number of furan rings is 1. The fourth-order valence-electron chi connectivity index (χ4n) is 7.79. The molecule has 0 aliphatic heterocycles. The second kappa shape index (κ2) is 11.7. The summed E-state index contributed by atoms with van der Waals surface area (Å²) in [5, 5.41) is 7.51. The third-order valence-electron chi connectivity index (χ3n) is 10.3. The van der Waals surface area contributed by atoms with E-state index in [9.17, 15) is 0 Å². The summed E-state index contributed by atoms with van der Waals surface area (Å²) < 4.78 is 11.5. The van der Waals surface area contributed by atoms with E-state index in [-0.39, 0.29) is 0 Å². The van der Waals surface area contributed by atoms with Gasteiger partial charge in [-0.1, -0.05) is 103 Å². The predicted molar refractivity (Wildman–Crippen MR) is 225 cm³/mol. The average Bonchev–Trinajstić information content (AvgIpc) is 3.89. The van der Waals surface area contributed by atoms with E-state index in [4.69, 9.17) is 4.42 Å². The summed E-state index contributed by atoms with van der Waals surface area (Å²) in [6.07, 6.45) is 0. The fourth-order valence-corrected chi connectivity index (χ4v) is 10.1. The van der Waals surface area contributed by atoms with Gasteiger partial charge in [0.15, 0.2) is 0 Å². The molecule has 0 amide bonds. The second-order valence-electron chi connectivity index (χ2n) is 13.3. The van der Waals surface area contributed by atoms with Gasteiger partial charge in [-0.2, -0.15) is 0 Å². The minimum atomic E-state index is 0.909. The highest BCUT2D eigenvalue weighted by atomic mass is 32.1. The van der Waals surface area contributed by atoms with Crippen LogP contribution in [0.5, 0.6) is 0 Å². The van der Waals surface area contributed by atoms with Crippen LogP contribution in [-0.2, 0) is 0 Å². The van der Waals surface area contributed by atoms with Crippen molar-refractivity contribution in [3.63, 3.8) is 0 Å². The molecule has 3 aromatic heterocycles. The van der Waals surface area contributed by atoms with E-state index in [1.807, 2.05) is 34.8 Å². The first kappa shape index (κ1) is 29.5. The first-order valence-corrected chi connectivity index (χ1v) is 19.1. The summed E-state index contributed by atoms with van der Waals surface area (Å²) in [4.78, 5) is 2.41. The van der Waals surface area contributed by atoms with Gasteiger partial charge in [-0.15, -0.1) is 22.7 Å². The van der Waals surface area contributed by atoms with Gasteiger partial charge in [0.1, 0.15) is 11.2 Å². The van der Waals surface area contributed by atoms with Crippen molar-refractivity contribution in [2.45, 2.75) is 0 Å². The van der Waals surface area contributed by atoms with Crippen molar-refractivity contribution in [2.75, 3.05) is 4.90 Å². The summed E-state index contributed by atoms with van der Waals surface area (Å²) in [6.45, 7) is 0. The summed E-state index contributed by atoms with van der Waals surface area (Å²) in [7, 11) is 0. The monoisotopic (exact) mass is 699 g/mol. The molecular weight excluding hydrogens is 671 g/mol. The van der Waals surface area contributed by atoms with Crippen LogP contribution in [0, 0.1) is 0 Å². The molecule has 0 atom stereocenters. The van der Waals surface area contributed by atoms with E-state index in [1.54, 1.807) is 0 Å². The Morgan fingerprint density at radius 3 is 1.62 bits per heavy atom. The highest BCUT2D eigenvalue weighted by molar-refractivity contribution is 7.26. The van der Waals surface area contributed by atoms with Crippen LogP contribution in [0.2, 0.25) is 0 Å². The number of para-hydroxylation sites is 1. The second-order valence-corrected chi connectivity index (χ2v) is 15.5. The predicted octanol–water partition coefficient (Wildman–Crippen LogP) is 15.1. The lowest BCUT2D eigenvalue weighted by molar-refractivity contribution is 0.669. The van der Waals surface area contributed by atoms with Gasteiger partial charge in [0.25, 0.3) is 0 Å². The molecule has 8 aromatic carbocycles. The van der Waals surface area contributed by atoms with Crippen LogP contribution in [0.3, 0.4) is 0 Å². The van der Waals surface area contributed by atoms with Gasteiger partial charge in [0.05, 0.1) is 5.69 Å². The van der Waals surface area contributed by atoms with E-state index in [1.165, 1.54) is 57.2 Å². The molecule has 0 radical (unpaired) electrons. The Morgan fingerprint density at radius 1 is 0.346 bits per heavy atom. The van der Waals surface area contributed by atoms with Crippen LogP contribution < -0.4 is 4.90 Å². The maximum Gasteiger partial charge on any atom is 0.136 e. The van der Waals surface area contributed by atoms with Gasteiger partial charge in [-0.05, 0) is 95.1 Å². The molecule has 0 spiro atoms. The first-order chi connectivity index (χ1) is 25.7. The van der Waals surface area contributed by atoms with Crippen molar-refractivity contribution < 1.29 is 4.42 Å². The molecule has 244 valence electrons. The quantitative estimate of drug-likeness (QED) is 0.178. The molecule has 3 heterocycles. The number of benzene rings is 8. The maximum absolute atomic E-state index is 6.23. The van der Waals surface area contributed by atoms with E-state index in [2.05, 4.69) is 169 Å². The van der Waals surface area contributed by atoms with Gasteiger partial charge < -0.3 is 9.32 Å². The molecule has 0 bridgehead atoms. The topological polar surface area (TPSA) is 16.4 Å². The molecule has 0 saturated carbocycles. The molecule has 52 heavy (non-hydrogen) atoms. The van der Waals surface area contributed by atoms with Crippen LogP contribution in [0.25, 0.3) is 84.5 Å². The number of anilines is 3. The normalized spacial score (nSPS) is 11.8. The zero-order valence-corrected chi connectivity index (χ0v) is 29.5. The summed E-state index contributed by atoms with van der Waals surface area (Å²) in [5.41, 5.74) is 9.95. The maximum atomic E-state index is 6.23. The molecule has 11 rings (SSSR count). The minimum absolute atomic E-state index is 0.909. The summed E-state index contributed by atoms with van der Waals surface area (Å²) in [6, 6.07) is 63.8. The standard InChI is InChI=1S/C48H29NOS2/c1-4-12-42-36(8-1)37-26-20-32(28-43(37)50-42)30-16-22-34(23-17-30)49(41-11-7-15-46-48(41)40-10-3-6-14-45(40)51-46)35-24-18-31(19-25-35)33-21-27-39-38-9-2-5-13-44(38)52-47(39)29-33/h1-29H. The average molecular weight is 700 g/mol. The van der Waals surface area contributed by atoms with Gasteiger partial charge in [-0.25, -0.2) is 0 Å². The Balaban J connectivity index is 1.02. The highest BCUT2D eigenvalue weighted by Crippen LogP contribution is 2.46. The van der Waals surface area contributed by atoms with Gasteiger partial charge >= 0.3 is 0 Å². The molecule has 4 heteroatoms. The lowest BCUT2D eigenvalue weighted by Crippen LogP contribution is -2.10. The van der Waals surface area contributed by atoms with Crippen molar-refractivity contribution in [3.05, 3.63) is 176 Å². The number of hydrogen-bond donors (Lipinski definition) is 0.